The van der Waals surface area contributed by atoms with Crippen molar-refractivity contribution in [2.75, 3.05) is 0 Å². The standard InChI is InChI=1S/C31H15Br2FO/c32-16-9-11-20-23(13-16)31(22-7-3-1-5-18(22)19-12-10-17(34)14-24(19)31)25-15-26(33)29-21-6-2-4-8-27(21)35-30(29)28(20)25/h1-15H/t31-/m0/s1. The lowest BCUT2D eigenvalue weighted by atomic mass is 9.70. The number of halogens is 3. The fraction of sp³-hybridized carbons (Fsp3) is 0.0323. The fourth-order valence-corrected chi connectivity index (χ4v) is 7.42. The lowest BCUT2D eigenvalue weighted by Gasteiger charge is -2.30. The van der Waals surface area contributed by atoms with Gasteiger partial charge in [0.2, 0.25) is 0 Å². The molecule has 1 atom stereocenters. The van der Waals surface area contributed by atoms with Gasteiger partial charge >= 0.3 is 0 Å². The van der Waals surface area contributed by atoms with E-state index in [1.807, 2.05) is 24.3 Å². The highest BCUT2D eigenvalue weighted by Crippen LogP contribution is 2.65. The topological polar surface area (TPSA) is 13.1 Å². The Bertz CT molecular complexity index is 1900. The van der Waals surface area contributed by atoms with E-state index in [1.165, 1.54) is 5.56 Å². The second-order valence-electron chi connectivity index (χ2n) is 9.26. The summed E-state index contributed by atoms with van der Waals surface area (Å²) in [7, 11) is 0. The first-order chi connectivity index (χ1) is 17.1. The molecule has 4 heteroatoms. The van der Waals surface area contributed by atoms with Crippen LogP contribution in [0.5, 0.6) is 0 Å². The third-order valence-corrected chi connectivity index (χ3v) is 8.79. The predicted molar refractivity (Wildman–Crippen MR) is 145 cm³/mol. The molecular formula is C31H15Br2FO. The Kier molecular flexibility index (Phi) is 3.84. The van der Waals surface area contributed by atoms with Gasteiger partial charge in [0.05, 0.1) is 5.41 Å². The summed E-state index contributed by atoms with van der Waals surface area (Å²) < 4.78 is 23.4. The Morgan fingerprint density at radius 3 is 2.31 bits per heavy atom. The fourth-order valence-electron chi connectivity index (χ4n) is 6.44. The zero-order valence-electron chi connectivity index (χ0n) is 18.2. The molecule has 0 amide bonds. The van der Waals surface area contributed by atoms with Crippen LogP contribution in [0.2, 0.25) is 0 Å². The Morgan fingerprint density at radius 2 is 1.40 bits per heavy atom. The van der Waals surface area contributed by atoms with E-state index in [0.29, 0.717) is 0 Å². The van der Waals surface area contributed by atoms with Gasteiger partial charge in [0.15, 0.2) is 0 Å². The predicted octanol–water partition coefficient (Wildman–Crippen LogP) is 9.59. The molecule has 0 bridgehead atoms. The monoisotopic (exact) mass is 580 g/mol. The summed E-state index contributed by atoms with van der Waals surface area (Å²) in [5, 5.41) is 2.14. The molecule has 0 N–H and O–H groups in total. The van der Waals surface area contributed by atoms with E-state index >= 15 is 0 Å². The van der Waals surface area contributed by atoms with Crippen LogP contribution in [0.4, 0.5) is 4.39 Å². The number of benzene rings is 5. The highest BCUT2D eigenvalue weighted by molar-refractivity contribution is 9.11. The van der Waals surface area contributed by atoms with Crippen LogP contribution >= 0.6 is 31.9 Å². The smallest absolute Gasteiger partial charge is 0.144 e. The Hall–Kier alpha value is -3.21. The van der Waals surface area contributed by atoms with Crippen molar-refractivity contribution in [2.24, 2.45) is 0 Å². The van der Waals surface area contributed by atoms with Crippen molar-refractivity contribution < 1.29 is 8.81 Å². The van der Waals surface area contributed by atoms with Crippen LogP contribution in [0.25, 0.3) is 44.2 Å². The minimum absolute atomic E-state index is 0.232. The molecule has 0 unspecified atom stereocenters. The zero-order valence-corrected chi connectivity index (χ0v) is 21.4. The maximum absolute atomic E-state index is 14.9. The van der Waals surface area contributed by atoms with Gasteiger partial charge in [-0.1, -0.05) is 86.5 Å². The summed E-state index contributed by atoms with van der Waals surface area (Å²) in [4.78, 5) is 0. The Balaban J connectivity index is 1.65. The molecule has 1 spiro atoms. The quantitative estimate of drug-likeness (QED) is 0.174. The molecule has 0 fully saturated rings. The summed E-state index contributed by atoms with van der Waals surface area (Å²) in [5.74, 6) is -0.232. The van der Waals surface area contributed by atoms with Gasteiger partial charge < -0.3 is 4.42 Å². The molecule has 0 saturated carbocycles. The molecule has 0 radical (unpaired) electrons. The van der Waals surface area contributed by atoms with Crippen molar-refractivity contribution in [3.8, 4) is 22.3 Å². The van der Waals surface area contributed by atoms with Crippen molar-refractivity contribution in [1.82, 2.24) is 0 Å². The first-order valence-electron chi connectivity index (χ1n) is 11.4. The van der Waals surface area contributed by atoms with E-state index in [1.54, 1.807) is 12.1 Å². The summed E-state index contributed by atoms with van der Waals surface area (Å²) >= 11 is 7.61. The third-order valence-electron chi connectivity index (χ3n) is 7.67. The number of furan rings is 1. The molecule has 5 aromatic carbocycles. The molecule has 1 aromatic heterocycles. The summed E-state index contributed by atoms with van der Waals surface area (Å²) in [6, 6.07) is 30.5. The number of fused-ring (bicyclic) bond motifs is 14. The number of hydrogen-bond acceptors (Lipinski definition) is 1. The first-order valence-corrected chi connectivity index (χ1v) is 13.0. The Morgan fingerprint density at radius 1 is 0.657 bits per heavy atom. The van der Waals surface area contributed by atoms with Gasteiger partial charge in [0.25, 0.3) is 0 Å². The van der Waals surface area contributed by atoms with Gasteiger partial charge in [-0.15, -0.1) is 0 Å². The molecule has 2 aliphatic rings. The van der Waals surface area contributed by atoms with Crippen molar-refractivity contribution in [2.45, 2.75) is 5.41 Å². The van der Waals surface area contributed by atoms with E-state index in [2.05, 4.69) is 86.5 Å². The highest BCUT2D eigenvalue weighted by Gasteiger charge is 2.53. The van der Waals surface area contributed by atoms with Crippen LogP contribution in [0.1, 0.15) is 22.3 Å². The SMILES string of the molecule is Fc1ccc2c(c1)[C@]1(c3ccccc3-2)c2cc(Br)ccc2-c2c1cc(Br)c1c2oc2ccccc21. The first kappa shape index (κ1) is 20.0. The highest BCUT2D eigenvalue weighted by atomic mass is 79.9. The lowest BCUT2D eigenvalue weighted by molar-refractivity contribution is 0.622. The average Bonchev–Trinajstić information content (AvgIpc) is 3.48. The van der Waals surface area contributed by atoms with E-state index in [4.69, 9.17) is 4.42 Å². The van der Waals surface area contributed by atoms with E-state index in [0.717, 1.165) is 69.8 Å². The van der Waals surface area contributed by atoms with Crippen LogP contribution in [0.3, 0.4) is 0 Å². The van der Waals surface area contributed by atoms with Gasteiger partial charge in [-0.2, -0.15) is 0 Å². The molecular weight excluding hydrogens is 567 g/mol. The van der Waals surface area contributed by atoms with E-state index < -0.39 is 5.41 Å². The van der Waals surface area contributed by atoms with Crippen LogP contribution in [-0.2, 0) is 5.41 Å². The third kappa shape index (κ3) is 2.32. The van der Waals surface area contributed by atoms with Crippen LogP contribution in [-0.4, -0.2) is 0 Å². The summed E-state index contributed by atoms with van der Waals surface area (Å²) in [6.07, 6.45) is 0. The minimum atomic E-state index is -0.641. The molecule has 6 aromatic rings. The van der Waals surface area contributed by atoms with Crippen molar-refractivity contribution in [1.29, 1.82) is 0 Å². The number of hydrogen-bond donors (Lipinski definition) is 0. The van der Waals surface area contributed by atoms with Gasteiger partial charge in [0, 0.05) is 25.3 Å². The maximum Gasteiger partial charge on any atom is 0.144 e. The maximum atomic E-state index is 14.9. The number of rotatable bonds is 0. The van der Waals surface area contributed by atoms with Crippen LogP contribution in [0, 0.1) is 5.82 Å². The Labute approximate surface area is 217 Å². The van der Waals surface area contributed by atoms with Crippen molar-refractivity contribution in [3.05, 3.63) is 128 Å². The zero-order chi connectivity index (χ0) is 23.5. The van der Waals surface area contributed by atoms with Crippen LogP contribution in [0.15, 0.2) is 104 Å². The molecule has 1 heterocycles. The summed E-state index contributed by atoms with van der Waals surface area (Å²) in [6.45, 7) is 0. The molecule has 1 nitrogen and oxygen atoms in total. The normalized spacial score (nSPS) is 17.1. The average molecular weight is 582 g/mol. The second-order valence-corrected chi connectivity index (χ2v) is 11.0. The minimum Gasteiger partial charge on any atom is -0.455 e. The van der Waals surface area contributed by atoms with E-state index in [9.17, 15) is 4.39 Å². The van der Waals surface area contributed by atoms with Gasteiger partial charge in [-0.3, -0.25) is 0 Å². The van der Waals surface area contributed by atoms with Gasteiger partial charge in [-0.05, 0) is 75.3 Å². The molecule has 166 valence electrons. The van der Waals surface area contributed by atoms with Crippen LogP contribution < -0.4 is 0 Å². The largest absolute Gasteiger partial charge is 0.455 e. The number of para-hydroxylation sites is 1. The second kappa shape index (κ2) is 6.71. The van der Waals surface area contributed by atoms with Gasteiger partial charge in [0.1, 0.15) is 17.0 Å². The molecule has 2 aliphatic carbocycles. The summed E-state index contributed by atoms with van der Waals surface area (Å²) in [5.41, 5.74) is 9.87. The molecule has 35 heavy (non-hydrogen) atoms. The lowest BCUT2D eigenvalue weighted by Crippen LogP contribution is -2.26. The van der Waals surface area contributed by atoms with Crippen molar-refractivity contribution in [3.63, 3.8) is 0 Å². The van der Waals surface area contributed by atoms with Gasteiger partial charge in [-0.25, -0.2) is 4.39 Å². The molecule has 0 aliphatic heterocycles. The van der Waals surface area contributed by atoms with E-state index in [-0.39, 0.29) is 5.82 Å². The molecule has 0 saturated heterocycles. The molecule has 8 rings (SSSR count). The van der Waals surface area contributed by atoms with Crippen molar-refractivity contribution >= 4 is 53.8 Å².